The van der Waals surface area contributed by atoms with Gasteiger partial charge in [-0.3, -0.25) is 4.98 Å². The van der Waals surface area contributed by atoms with Crippen LogP contribution in [-0.2, 0) is 0 Å². The predicted octanol–water partition coefficient (Wildman–Crippen LogP) is 5.72. The lowest BCUT2D eigenvalue weighted by Gasteiger charge is -2.04. The van der Waals surface area contributed by atoms with Crippen LogP contribution in [0, 0.1) is 6.92 Å². The van der Waals surface area contributed by atoms with E-state index in [1.807, 2.05) is 30.5 Å². The largest absolute Gasteiger partial charge is 0.456 e. The Balaban J connectivity index is 1.97. The van der Waals surface area contributed by atoms with E-state index in [1.54, 1.807) is 0 Å². The van der Waals surface area contributed by atoms with E-state index in [0.29, 0.717) is 0 Å². The molecule has 0 amide bonds. The van der Waals surface area contributed by atoms with Crippen LogP contribution in [0.1, 0.15) is 5.56 Å². The molecule has 0 aliphatic heterocycles. The van der Waals surface area contributed by atoms with Gasteiger partial charge >= 0.3 is 0 Å². The lowest BCUT2D eigenvalue weighted by atomic mass is 10.1. The molecule has 4 rings (SSSR count). The minimum Gasteiger partial charge on any atom is -0.456 e. The lowest BCUT2D eigenvalue weighted by Crippen LogP contribution is -1.86. The molecule has 0 atom stereocenters. The molecule has 0 fully saturated rings. The summed E-state index contributed by atoms with van der Waals surface area (Å²) in [7, 11) is 0. The third kappa shape index (κ3) is 2.05. The van der Waals surface area contributed by atoms with Crippen molar-refractivity contribution < 1.29 is 4.42 Å². The Morgan fingerprint density at radius 3 is 2.62 bits per heavy atom. The number of furan rings is 1. The third-order valence-electron chi connectivity index (χ3n) is 3.72. The summed E-state index contributed by atoms with van der Waals surface area (Å²) in [6.07, 6.45) is 1.85. The van der Waals surface area contributed by atoms with Gasteiger partial charge in [-0.1, -0.05) is 18.2 Å². The quantitative estimate of drug-likeness (QED) is 0.444. The first-order valence-electron chi connectivity index (χ1n) is 6.76. The SMILES string of the molecule is Cc1cc(-c2ccc3oc4ccccc4c3c2)ncc1Br. The second kappa shape index (κ2) is 4.71. The van der Waals surface area contributed by atoms with Crippen LogP contribution >= 0.6 is 15.9 Å². The van der Waals surface area contributed by atoms with Crippen molar-refractivity contribution in [2.24, 2.45) is 0 Å². The van der Waals surface area contributed by atoms with Crippen LogP contribution in [0.25, 0.3) is 33.2 Å². The molecule has 0 aliphatic carbocycles. The topological polar surface area (TPSA) is 26.0 Å². The van der Waals surface area contributed by atoms with Gasteiger partial charge < -0.3 is 4.42 Å². The van der Waals surface area contributed by atoms with E-state index in [2.05, 4.69) is 52.1 Å². The Morgan fingerprint density at radius 1 is 0.952 bits per heavy atom. The number of aryl methyl sites for hydroxylation is 1. The number of fused-ring (bicyclic) bond motifs is 3. The van der Waals surface area contributed by atoms with Gasteiger partial charge in [-0.2, -0.15) is 0 Å². The minimum absolute atomic E-state index is 0.911. The van der Waals surface area contributed by atoms with Crippen LogP contribution < -0.4 is 0 Å². The third-order valence-corrected chi connectivity index (χ3v) is 4.55. The first kappa shape index (κ1) is 12.6. The number of para-hydroxylation sites is 1. The Labute approximate surface area is 130 Å². The molecule has 2 aromatic heterocycles. The molecule has 2 aromatic carbocycles. The number of rotatable bonds is 1. The summed E-state index contributed by atoms with van der Waals surface area (Å²) in [5.41, 5.74) is 5.09. The van der Waals surface area contributed by atoms with Crippen molar-refractivity contribution in [3.63, 3.8) is 0 Å². The zero-order chi connectivity index (χ0) is 14.4. The van der Waals surface area contributed by atoms with E-state index in [9.17, 15) is 0 Å². The molecule has 0 spiro atoms. The molecule has 0 unspecified atom stereocenters. The van der Waals surface area contributed by atoms with Gasteiger partial charge in [0.15, 0.2) is 0 Å². The van der Waals surface area contributed by atoms with Crippen molar-refractivity contribution >= 4 is 37.9 Å². The van der Waals surface area contributed by atoms with Crippen LogP contribution in [0.4, 0.5) is 0 Å². The van der Waals surface area contributed by atoms with Gasteiger partial charge in [-0.15, -0.1) is 0 Å². The molecule has 0 saturated heterocycles. The fourth-order valence-electron chi connectivity index (χ4n) is 2.58. The van der Waals surface area contributed by atoms with E-state index in [0.717, 1.165) is 37.7 Å². The molecule has 102 valence electrons. The fraction of sp³-hybridized carbons (Fsp3) is 0.0556. The maximum absolute atomic E-state index is 5.86. The predicted molar refractivity (Wildman–Crippen MR) is 89.4 cm³/mol. The van der Waals surface area contributed by atoms with Gasteiger partial charge in [-0.25, -0.2) is 0 Å². The molecule has 21 heavy (non-hydrogen) atoms. The normalized spacial score (nSPS) is 11.3. The van der Waals surface area contributed by atoms with Crippen LogP contribution in [0.3, 0.4) is 0 Å². The van der Waals surface area contributed by atoms with Gasteiger partial charge in [0.25, 0.3) is 0 Å². The van der Waals surface area contributed by atoms with Gasteiger partial charge in [-0.05, 0) is 58.7 Å². The first-order chi connectivity index (χ1) is 10.2. The maximum atomic E-state index is 5.86. The number of pyridine rings is 1. The van der Waals surface area contributed by atoms with Crippen LogP contribution in [0.5, 0.6) is 0 Å². The van der Waals surface area contributed by atoms with E-state index in [1.165, 1.54) is 5.56 Å². The van der Waals surface area contributed by atoms with Gasteiger partial charge in [0, 0.05) is 27.0 Å². The summed E-state index contributed by atoms with van der Waals surface area (Å²) in [6, 6.07) is 16.4. The number of hydrogen-bond donors (Lipinski definition) is 0. The fourth-order valence-corrected chi connectivity index (χ4v) is 2.80. The summed E-state index contributed by atoms with van der Waals surface area (Å²) >= 11 is 3.49. The Kier molecular flexibility index (Phi) is 2.82. The summed E-state index contributed by atoms with van der Waals surface area (Å²) in [4.78, 5) is 4.50. The van der Waals surface area contributed by atoms with E-state index in [-0.39, 0.29) is 0 Å². The molecule has 2 nitrogen and oxygen atoms in total. The average Bonchev–Trinajstić information content (AvgIpc) is 2.88. The Morgan fingerprint density at radius 2 is 1.76 bits per heavy atom. The highest BCUT2D eigenvalue weighted by molar-refractivity contribution is 9.10. The average molecular weight is 338 g/mol. The molecule has 0 aliphatic rings. The zero-order valence-corrected chi connectivity index (χ0v) is 13.0. The van der Waals surface area contributed by atoms with Gasteiger partial charge in [0.05, 0.1) is 5.69 Å². The Bertz CT molecular complexity index is 971. The van der Waals surface area contributed by atoms with Crippen molar-refractivity contribution in [2.45, 2.75) is 6.92 Å². The second-order valence-corrected chi connectivity index (χ2v) is 5.98. The van der Waals surface area contributed by atoms with Crippen molar-refractivity contribution in [3.8, 4) is 11.3 Å². The zero-order valence-electron chi connectivity index (χ0n) is 11.4. The van der Waals surface area contributed by atoms with Crippen molar-refractivity contribution in [2.75, 3.05) is 0 Å². The summed E-state index contributed by atoms with van der Waals surface area (Å²) in [5.74, 6) is 0. The highest BCUT2D eigenvalue weighted by Crippen LogP contribution is 2.32. The van der Waals surface area contributed by atoms with E-state index < -0.39 is 0 Å². The van der Waals surface area contributed by atoms with Gasteiger partial charge in [0.2, 0.25) is 0 Å². The first-order valence-corrected chi connectivity index (χ1v) is 7.55. The standard InChI is InChI=1S/C18H12BrNO/c1-11-8-16(20-10-15(11)19)12-6-7-18-14(9-12)13-4-2-3-5-17(13)21-18/h2-10H,1H3. The summed E-state index contributed by atoms with van der Waals surface area (Å²) in [6.45, 7) is 2.07. The smallest absolute Gasteiger partial charge is 0.135 e. The number of hydrogen-bond acceptors (Lipinski definition) is 2. The molecule has 0 N–H and O–H groups in total. The van der Waals surface area contributed by atoms with E-state index in [4.69, 9.17) is 4.42 Å². The van der Waals surface area contributed by atoms with Crippen molar-refractivity contribution in [3.05, 3.63) is 64.8 Å². The molecule has 0 saturated carbocycles. The van der Waals surface area contributed by atoms with Gasteiger partial charge in [0.1, 0.15) is 11.2 Å². The summed E-state index contributed by atoms with van der Waals surface area (Å²) in [5, 5.41) is 2.27. The molecular formula is C18H12BrNO. The number of halogens is 1. The van der Waals surface area contributed by atoms with Crippen LogP contribution in [0.15, 0.2) is 63.6 Å². The van der Waals surface area contributed by atoms with E-state index >= 15 is 0 Å². The van der Waals surface area contributed by atoms with Crippen LogP contribution in [0.2, 0.25) is 0 Å². The second-order valence-electron chi connectivity index (χ2n) is 5.13. The highest BCUT2D eigenvalue weighted by atomic mass is 79.9. The maximum Gasteiger partial charge on any atom is 0.135 e. The lowest BCUT2D eigenvalue weighted by molar-refractivity contribution is 0.669. The minimum atomic E-state index is 0.911. The van der Waals surface area contributed by atoms with Crippen molar-refractivity contribution in [1.29, 1.82) is 0 Å². The van der Waals surface area contributed by atoms with Crippen molar-refractivity contribution in [1.82, 2.24) is 4.98 Å². The molecule has 0 radical (unpaired) electrons. The number of aromatic nitrogens is 1. The number of benzene rings is 2. The van der Waals surface area contributed by atoms with Crippen LogP contribution in [-0.4, -0.2) is 4.98 Å². The Hall–Kier alpha value is -2.13. The molecule has 3 heteroatoms. The monoisotopic (exact) mass is 337 g/mol. The number of nitrogens with zero attached hydrogens (tertiary/aromatic N) is 1. The molecule has 4 aromatic rings. The highest BCUT2D eigenvalue weighted by Gasteiger charge is 2.09. The molecular weight excluding hydrogens is 326 g/mol. The molecule has 2 heterocycles. The molecule has 0 bridgehead atoms. The summed E-state index contributed by atoms with van der Waals surface area (Å²) < 4.78 is 6.89.